The lowest BCUT2D eigenvalue weighted by Gasteiger charge is -2.07. The maximum absolute atomic E-state index is 5.93. The van der Waals surface area contributed by atoms with Gasteiger partial charge >= 0.3 is 0 Å². The average Bonchev–Trinajstić information content (AvgIpc) is 3.32. The highest BCUT2D eigenvalue weighted by Crippen LogP contribution is 2.40. The van der Waals surface area contributed by atoms with E-state index in [1.54, 1.807) is 0 Å². The van der Waals surface area contributed by atoms with E-state index in [9.17, 15) is 0 Å². The molecule has 0 unspecified atom stereocenters. The zero-order valence-electron chi connectivity index (χ0n) is 11.6. The highest BCUT2D eigenvalue weighted by Gasteiger charge is 2.25. The number of rotatable bonds is 4. The smallest absolute Gasteiger partial charge is 0.120 e. The first kappa shape index (κ1) is 13.2. The molecule has 0 amide bonds. The van der Waals surface area contributed by atoms with Gasteiger partial charge in [0.15, 0.2) is 0 Å². The zero-order chi connectivity index (χ0) is 14.2. The maximum atomic E-state index is 5.93. The van der Waals surface area contributed by atoms with Crippen LogP contribution in [-0.2, 0) is 6.61 Å². The number of hydrogen-bond acceptors (Lipinski definition) is 1. The van der Waals surface area contributed by atoms with Crippen molar-refractivity contribution in [3.05, 3.63) is 63.9 Å². The van der Waals surface area contributed by atoms with E-state index in [1.807, 2.05) is 18.2 Å². The van der Waals surface area contributed by atoms with Gasteiger partial charge in [0.05, 0.1) is 0 Å². The van der Waals surface area contributed by atoms with Crippen LogP contribution in [0.25, 0.3) is 10.9 Å². The van der Waals surface area contributed by atoms with E-state index < -0.39 is 0 Å². The van der Waals surface area contributed by atoms with Gasteiger partial charge in [-0.05, 0) is 59.2 Å². The maximum Gasteiger partial charge on any atom is 0.120 e. The fourth-order valence-corrected chi connectivity index (χ4v) is 3.41. The van der Waals surface area contributed by atoms with Gasteiger partial charge in [-0.3, -0.25) is 0 Å². The van der Waals surface area contributed by atoms with Crippen molar-refractivity contribution in [3.8, 4) is 5.75 Å². The first-order valence-electron chi connectivity index (χ1n) is 7.28. The largest absolute Gasteiger partial charge is 0.489 e. The number of ether oxygens (including phenoxy) is 1. The second kappa shape index (κ2) is 5.37. The minimum atomic E-state index is 0.617. The fourth-order valence-electron chi connectivity index (χ4n) is 2.68. The van der Waals surface area contributed by atoms with E-state index in [2.05, 4.69) is 63.7 Å². The SMILES string of the molecule is Ic1cn(C2CC2)c2ccc(OCc3ccccc3)cc12. The van der Waals surface area contributed by atoms with Crippen LogP contribution in [0.5, 0.6) is 5.75 Å². The van der Waals surface area contributed by atoms with Gasteiger partial charge in [-0.2, -0.15) is 0 Å². The van der Waals surface area contributed by atoms with Crippen LogP contribution in [0.2, 0.25) is 0 Å². The summed E-state index contributed by atoms with van der Waals surface area (Å²) in [6, 6.07) is 17.4. The van der Waals surface area contributed by atoms with Crippen LogP contribution >= 0.6 is 22.6 Å². The Morgan fingerprint density at radius 3 is 2.67 bits per heavy atom. The fraction of sp³-hybridized carbons (Fsp3) is 0.222. The molecule has 0 N–H and O–H groups in total. The molecule has 0 bridgehead atoms. The number of halogens is 1. The highest BCUT2D eigenvalue weighted by atomic mass is 127. The monoisotopic (exact) mass is 389 g/mol. The number of aromatic nitrogens is 1. The molecule has 1 aromatic heterocycles. The van der Waals surface area contributed by atoms with Crippen LogP contribution in [0.15, 0.2) is 54.7 Å². The molecule has 2 aromatic carbocycles. The number of benzene rings is 2. The summed E-state index contributed by atoms with van der Waals surface area (Å²) in [7, 11) is 0. The molecule has 1 aliphatic rings. The summed E-state index contributed by atoms with van der Waals surface area (Å²) in [6.07, 6.45) is 4.89. The van der Waals surface area contributed by atoms with E-state index in [4.69, 9.17) is 4.74 Å². The Bertz CT molecular complexity index is 775. The van der Waals surface area contributed by atoms with Crippen LogP contribution in [0.1, 0.15) is 24.4 Å². The van der Waals surface area contributed by atoms with Crippen LogP contribution in [0, 0.1) is 3.57 Å². The Hall–Kier alpha value is -1.49. The molecule has 3 heteroatoms. The van der Waals surface area contributed by atoms with Crippen LogP contribution < -0.4 is 4.74 Å². The molecule has 21 heavy (non-hydrogen) atoms. The minimum absolute atomic E-state index is 0.617. The standard InChI is InChI=1S/C18H16INO/c19-17-11-20(14-6-7-14)18-9-8-15(10-16(17)18)21-12-13-4-2-1-3-5-13/h1-5,8-11,14H,6-7,12H2. The van der Waals surface area contributed by atoms with Gasteiger partial charge in [0.1, 0.15) is 12.4 Å². The predicted molar refractivity (Wildman–Crippen MR) is 93.7 cm³/mol. The van der Waals surface area contributed by atoms with Crippen molar-refractivity contribution < 1.29 is 4.74 Å². The molecule has 1 heterocycles. The minimum Gasteiger partial charge on any atom is -0.489 e. The Labute approximate surface area is 137 Å². The van der Waals surface area contributed by atoms with E-state index in [0.29, 0.717) is 12.6 Å². The summed E-state index contributed by atoms with van der Waals surface area (Å²) < 4.78 is 9.65. The second-order valence-electron chi connectivity index (χ2n) is 5.57. The van der Waals surface area contributed by atoms with Gasteiger partial charge in [-0.15, -0.1) is 0 Å². The molecule has 0 saturated heterocycles. The summed E-state index contributed by atoms with van der Waals surface area (Å²) in [6.45, 7) is 0.617. The van der Waals surface area contributed by atoms with Crippen molar-refractivity contribution >= 4 is 33.5 Å². The summed E-state index contributed by atoms with van der Waals surface area (Å²) in [5, 5.41) is 1.30. The van der Waals surface area contributed by atoms with Crippen LogP contribution in [0.4, 0.5) is 0 Å². The third-order valence-corrected chi connectivity index (χ3v) is 4.80. The summed E-state index contributed by atoms with van der Waals surface area (Å²) in [5.41, 5.74) is 2.52. The molecule has 2 nitrogen and oxygen atoms in total. The van der Waals surface area contributed by atoms with Crippen LogP contribution in [-0.4, -0.2) is 4.57 Å². The average molecular weight is 389 g/mol. The predicted octanol–water partition coefficient (Wildman–Crippen LogP) is 5.16. The summed E-state index contributed by atoms with van der Waals surface area (Å²) in [4.78, 5) is 0. The molecule has 1 saturated carbocycles. The normalized spacial score (nSPS) is 14.5. The highest BCUT2D eigenvalue weighted by molar-refractivity contribution is 14.1. The lowest BCUT2D eigenvalue weighted by molar-refractivity contribution is 0.306. The molecule has 0 aliphatic heterocycles. The van der Waals surface area contributed by atoms with Crippen molar-refractivity contribution in [1.82, 2.24) is 4.57 Å². The quantitative estimate of drug-likeness (QED) is 0.563. The Kier molecular flexibility index (Phi) is 3.37. The van der Waals surface area contributed by atoms with Gasteiger partial charge in [0.25, 0.3) is 0 Å². The van der Waals surface area contributed by atoms with Crippen molar-refractivity contribution in [2.75, 3.05) is 0 Å². The van der Waals surface area contributed by atoms with Gasteiger partial charge in [-0.1, -0.05) is 30.3 Å². The Morgan fingerprint density at radius 2 is 1.90 bits per heavy atom. The third kappa shape index (κ3) is 2.67. The molecule has 4 rings (SSSR count). The topological polar surface area (TPSA) is 14.2 Å². The van der Waals surface area contributed by atoms with E-state index in [1.165, 1.54) is 32.9 Å². The zero-order valence-corrected chi connectivity index (χ0v) is 13.8. The van der Waals surface area contributed by atoms with Crippen molar-refractivity contribution in [3.63, 3.8) is 0 Å². The molecule has 1 aliphatic carbocycles. The molecule has 0 atom stereocenters. The molecular weight excluding hydrogens is 373 g/mol. The lowest BCUT2D eigenvalue weighted by Crippen LogP contribution is -1.95. The van der Waals surface area contributed by atoms with Gasteiger partial charge < -0.3 is 9.30 Å². The number of fused-ring (bicyclic) bond motifs is 1. The molecule has 1 fully saturated rings. The van der Waals surface area contributed by atoms with E-state index >= 15 is 0 Å². The number of hydrogen-bond donors (Lipinski definition) is 0. The van der Waals surface area contributed by atoms with E-state index in [0.717, 1.165) is 5.75 Å². The first-order valence-corrected chi connectivity index (χ1v) is 8.36. The van der Waals surface area contributed by atoms with Gasteiger partial charge in [0.2, 0.25) is 0 Å². The van der Waals surface area contributed by atoms with Crippen molar-refractivity contribution in [2.45, 2.75) is 25.5 Å². The summed E-state index contributed by atoms with van der Waals surface area (Å²) in [5.74, 6) is 0.942. The second-order valence-corrected chi connectivity index (χ2v) is 6.73. The van der Waals surface area contributed by atoms with Gasteiger partial charge in [-0.25, -0.2) is 0 Å². The first-order chi connectivity index (χ1) is 10.3. The van der Waals surface area contributed by atoms with Crippen molar-refractivity contribution in [2.24, 2.45) is 0 Å². The summed E-state index contributed by atoms with van der Waals surface area (Å²) >= 11 is 2.42. The van der Waals surface area contributed by atoms with Crippen molar-refractivity contribution in [1.29, 1.82) is 0 Å². The Morgan fingerprint density at radius 1 is 1.10 bits per heavy atom. The lowest BCUT2D eigenvalue weighted by atomic mass is 10.2. The van der Waals surface area contributed by atoms with E-state index in [-0.39, 0.29) is 0 Å². The molecular formula is C18H16INO. The van der Waals surface area contributed by atoms with Crippen LogP contribution in [0.3, 0.4) is 0 Å². The molecule has 3 aromatic rings. The molecule has 106 valence electrons. The number of nitrogens with zero attached hydrogens (tertiary/aromatic N) is 1. The Balaban J connectivity index is 1.60. The molecule has 0 radical (unpaired) electrons. The third-order valence-electron chi connectivity index (χ3n) is 3.94. The molecule has 0 spiro atoms. The van der Waals surface area contributed by atoms with Gasteiger partial charge in [0, 0.05) is 26.7 Å².